The Balaban J connectivity index is 1.79. The number of halogens is 2. The lowest BCUT2D eigenvalue weighted by molar-refractivity contribution is 0.0896. The van der Waals surface area contributed by atoms with E-state index in [1.807, 2.05) is 12.1 Å². The summed E-state index contributed by atoms with van der Waals surface area (Å²) >= 11 is 13.0. The zero-order valence-corrected chi connectivity index (χ0v) is 15.6. The van der Waals surface area contributed by atoms with E-state index in [9.17, 15) is 9.59 Å². The number of aryl methyl sites for hydroxylation is 1. The molecule has 3 aromatic rings. The maximum atomic E-state index is 12.5. The number of nitrogens with zero attached hydrogens (tertiary/aromatic N) is 1. The maximum Gasteiger partial charge on any atom is 0.182 e. The summed E-state index contributed by atoms with van der Waals surface area (Å²) in [5.74, 6) is -0.460. The number of hydrogen-bond donors (Lipinski definition) is 0. The van der Waals surface area contributed by atoms with E-state index in [-0.39, 0.29) is 18.0 Å². The van der Waals surface area contributed by atoms with Gasteiger partial charge in [-0.3, -0.25) is 9.59 Å². The first-order valence-corrected chi connectivity index (χ1v) is 9.06. The first-order chi connectivity index (χ1) is 11.9. The number of benzene rings is 2. The third-order valence-electron chi connectivity index (χ3n) is 3.63. The van der Waals surface area contributed by atoms with Crippen LogP contribution in [0.25, 0.3) is 10.6 Å². The minimum atomic E-state index is -0.234. The molecule has 0 atom stereocenters. The second-order valence-electron chi connectivity index (χ2n) is 5.47. The summed E-state index contributed by atoms with van der Waals surface area (Å²) in [5, 5.41) is 1.92. The molecule has 0 saturated heterocycles. The summed E-state index contributed by atoms with van der Waals surface area (Å²) in [7, 11) is 0. The molecule has 3 rings (SSSR count). The third kappa shape index (κ3) is 4.15. The Morgan fingerprint density at radius 2 is 1.48 bits per heavy atom. The number of ketones is 2. The summed E-state index contributed by atoms with van der Waals surface area (Å²) in [6.07, 6.45) is -0.190. The summed E-state index contributed by atoms with van der Waals surface area (Å²) in [6.45, 7) is 1.77. The molecule has 25 heavy (non-hydrogen) atoms. The predicted octanol–water partition coefficient (Wildman–Crippen LogP) is 5.88. The highest BCUT2D eigenvalue weighted by molar-refractivity contribution is 7.17. The molecule has 0 aliphatic heterocycles. The Bertz CT molecular complexity index is 931. The van der Waals surface area contributed by atoms with Gasteiger partial charge in [-0.1, -0.05) is 35.3 Å². The van der Waals surface area contributed by atoms with Gasteiger partial charge in [0, 0.05) is 21.2 Å². The minimum absolute atomic E-state index is 0.190. The van der Waals surface area contributed by atoms with Gasteiger partial charge in [-0.05, 0) is 43.3 Å². The Labute approximate surface area is 159 Å². The van der Waals surface area contributed by atoms with Gasteiger partial charge in [0.15, 0.2) is 11.6 Å². The molecule has 0 aliphatic rings. The van der Waals surface area contributed by atoms with Crippen molar-refractivity contribution >= 4 is 46.1 Å². The number of hydrogen-bond acceptors (Lipinski definition) is 4. The van der Waals surface area contributed by atoms with Crippen molar-refractivity contribution in [1.82, 2.24) is 4.98 Å². The third-order valence-corrected chi connectivity index (χ3v) is 5.38. The van der Waals surface area contributed by atoms with Gasteiger partial charge in [-0.25, -0.2) is 4.98 Å². The lowest BCUT2D eigenvalue weighted by Crippen LogP contribution is -2.08. The van der Waals surface area contributed by atoms with E-state index < -0.39 is 0 Å². The van der Waals surface area contributed by atoms with E-state index in [2.05, 4.69) is 4.98 Å². The lowest BCUT2D eigenvalue weighted by Gasteiger charge is -2.00. The molecule has 0 bridgehead atoms. The van der Waals surface area contributed by atoms with Crippen molar-refractivity contribution in [2.75, 3.05) is 0 Å². The lowest BCUT2D eigenvalue weighted by atomic mass is 10.1. The largest absolute Gasteiger partial charge is 0.294 e. The quantitative estimate of drug-likeness (QED) is 0.404. The molecule has 126 valence electrons. The molecule has 0 radical (unpaired) electrons. The van der Waals surface area contributed by atoms with E-state index in [1.54, 1.807) is 43.3 Å². The van der Waals surface area contributed by atoms with E-state index in [1.165, 1.54) is 11.3 Å². The smallest absolute Gasteiger partial charge is 0.182 e. The van der Waals surface area contributed by atoms with Crippen LogP contribution in [0.2, 0.25) is 10.0 Å². The van der Waals surface area contributed by atoms with Crippen molar-refractivity contribution < 1.29 is 9.59 Å². The highest BCUT2D eigenvalue weighted by atomic mass is 35.5. The molecule has 0 aliphatic carbocycles. The van der Waals surface area contributed by atoms with Crippen molar-refractivity contribution in [3.63, 3.8) is 0 Å². The topological polar surface area (TPSA) is 47.0 Å². The van der Waals surface area contributed by atoms with Crippen molar-refractivity contribution in [3.8, 4) is 10.6 Å². The first-order valence-electron chi connectivity index (χ1n) is 7.49. The first kappa shape index (κ1) is 17.8. The fraction of sp³-hybridized carbons (Fsp3) is 0.105. The number of Topliss-reactive ketones (excluding diaryl/α,β-unsaturated/α-hetero) is 2. The number of carbonyl (C=O) groups excluding carboxylic acids is 2. The average Bonchev–Trinajstić information content (AvgIpc) is 2.98. The van der Waals surface area contributed by atoms with Crippen LogP contribution < -0.4 is 0 Å². The van der Waals surface area contributed by atoms with Gasteiger partial charge < -0.3 is 0 Å². The fourth-order valence-corrected chi connectivity index (χ4v) is 3.60. The Morgan fingerprint density at radius 1 is 0.920 bits per heavy atom. The summed E-state index contributed by atoms with van der Waals surface area (Å²) in [6, 6.07) is 13.8. The number of carbonyl (C=O) groups is 2. The summed E-state index contributed by atoms with van der Waals surface area (Å²) < 4.78 is 0. The SMILES string of the molecule is Cc1nc(-c2ccc(Cl)cc2)sc1C(=O)CC(=O)c1ccc(Cl)cc1. The Hall–Kier alpha value is -2.01. The van der Waals surface area contributed by atoms with Crippen molar-refractivity contribution in [2.45, 2.75) is 13.3 Å². The summed E-state index contributed by atoms with van der Waals surface area (Å²) in [5.41, 5.74) is 1.99. The monoisotopic (exact) mass is 389 g/mol. The fourth-order valence-electron chi connectivity index (χ4n) is 2.34. The van der Waals surface area contributed by atoms with Gasteiger partial charge in [0.2, 0.25) is 0 Å². The zero-order valence-electron chi connectivity index (χ0n) is 13.3. The van der Waals surface area contributed by atoms with Gasteiger partial charge in [0.1, 0.15) is 5.01 Å². The van der Waals surface area contributed by atoms with Crippen LogP contribution >= 0.6 is 34.5 Å². The molecule has 0 N–H and O–H groups in total. The van der Waals surface area contributed by atoms with Gasteiger partial charge in [0.25, 0.3) is 0 Å². The van der Waals surface area contributed by atoms with Crippen LogP contribution in [0.15, 0.2) is 48.5 Å². The molecule has 3 nitrogen and oxygen atoms in total. The molecule has 1 heterocycles. The molecule has 0 saturated carbocycles. The average molecular weight is 390 g/mol. The van der Waals surface area contributed by atoms with Crippen LogP contribution in [-0.2, 0) is 0 Å². The van der Waals surface area contributed by atoms with Crippen LogP contribution in [0.3, 0.4) is 0 Å². The van der Waals surface area contributed by atoms with Gasteiger partial charge >= 0.3 is 0 Å². The molecular weight excluding hydrogens is 377 g/mol. The van der Waals surface area contributed by atoms with E-state index in [0.29, 0.717) is 26.2 Å². The molecule has 0 spiro atoms. The molecule has 1 aromatic heterocycles. The number of thiazole rings is 1. The molecule has 2 aromatic carbocycles. The highest BCUT2D eigenvalue weighted by Crippen LogP contribution is 2.29. The van der Waals surface area contributed by atoms with Crippen LogP contribution in [-0.4, -0.2) is 16.6 Å². The minimum Gasteiger partial charge on any atom is -0.294 e. The van der Waals surface area contributed by atoms with Crippen LogP contribution in [0, 0.1) is 6.92 Å². The Kier molecular flexibility index (Phi) is 5.33. The Morgan fingerprint density at radius 3 is 2.08 bits per heavy atom. The number of aromatic nitrogens is 1. The van der Waals surface area contributed by atoms with Gasteiger partial charge in [-0.15, -0.1) is 11.3 Å². The predicted molar refractivity (Wildman–Crippen MR) is 102 cm³/mol. The summed E-state index contributed by atoms with van der Waals surface area (Å²) in [4.78, 5) is 29.7. The highest BCUT2D eigenvalue weighted by Gasteiger charge is 2.19. The molecule has 6 heteroatoms. The standard InChI is InChI=1S/C19H13Cl2NO2S/c1-11-18(25-19(22-11)13-4-8-15(21)9-5-13)17(24)10-16(23)12-2-6-14(20)7-3-12/h2-9H,10H2,1H3. The van der Waals surface area contributed by atoms with Crippen LogP contribution in [0.1, 0.15) is 32.1 Å². The van der Waals surface area contributed by atoms with Crippen molar-refractivity contribution in [1.29, 1.82) is 0 Å². The van der Waals surface area contributed by atoms with E-state index >= 15 is 0 Å². The van der Waals surface area contributed by atoms with Crippen molar-refractivity contribution in [3.05, 3.63) is 74.7 Å². The second-order valence-corrected chi connectivity index (χ2v) is 7.34. The second kappa shape index (κ2) is 7.48. The zero-order chi connectivity index (χ0) is 18.0. The number of rotatable bonds is 5. The van der Waals surface area contributed by atoms with E-state index in [4.69, 9.17) is 23.2 Å². The molecule has 0 amide bonds. The van der Waals surface area contributed by atoms with Crippen molar-refractivity contribution in [2.24, 2.45) is 0 Å². The van der Waals surface area contributed by atoms with E-state index in [0.717, 1.165) is 10.6 Å². The van der Waals surface area contributed by atoms with Crippen LogP contribution in [0.5, 0.6) is 0 Å². The van der Waals surface area contributed by atoms with Gasteiger partial charge in [-0.2, -0.15) is 0 Å². The molecule has 0 fully saturated rings. The maximum absolute atomic E-state index is 12.5. The van der Waals surface area contributed by atoms with Crippen LogP contribution in [0.4, 0.5) is 0 Å². The molecule has 0 unspecified atom stereocenters. The van der Waals surface area contributed by atoms with Gasteiger partial charge in [0.05, 0.1) is 17.0 Å². The normalized spacial score (nSPS) is 10.7. The molecular formula is C19H13Cl2NO2S.